The predicted octanol–water partition coefficient (Wildman–Crippen LogP) is 2.22. The fraction of sp³-hybridized carbons (Fsp3) is 0.571. The summed E-state index contributed by atoms with van der Waals surface area (Å²) in [6, 6.07) is 6.39. The van der Waals surface area contributed by atoms with Gasteiger partial charge in [-0.1, -0.05) is 18.6 Å². The molecule has 94 valence electrons. The highest BCUT2D eigenvalue weighted by molar-refractivity contribution is 5.41. The highest BCUT2D eigenvalue weighted by atomic mass is 16.5. The SMILES string of the molecule is COCc1ccc(C2(CN)CCC2)cc1OC. The molecule has 1 aromatic carbocycles. The fourth-order valence-corrected chi connectivity index (χ4v) is 2.56. The average molecular weight is 235 g/mol. The molecule has 3 nitrogen and oxygen atoms in total. The van der Waals surface area contributed by atoms with Crippen molar-refractivity contribution >= 4 is 0 Å². The first-order chi connectivity index (χ1) is 8.25. The van der Waals surface area contributed by atoms with Gasteiger partial charge in [0.15, 0.2) is 0 Å². The molecule has 0 spiro atoms. The predicted molar refractivity (Wildman–Crippen MR) is 68.3 cm³/mol. The molecule has 0 heterocycles. The lowest BCUT2D eigenvalue weighted by Crippen LogP contribution is -2.41. The van der Waals surface area contributed by atoms with Crippen LogP contribution in [0.15, 0.2) is 18.2 Å². The molecule has 1 fully saturated rings. The maximum absolute atomic E-state index is 5.92. The van der Waals surface area contributed by atoms with Crippen LogP contribution in [-0.4, -0.2) is 20.8 Å². The molecule has 3 heteroatoms. The molecule has 1 aliphatic rings. The number of rotatable bonds is 5. The Hall–Kier alpha value is -1.06. The number of methoxy groups -OCH3 is 2. The molecule has 0 aliphatic heterocycles. The van der Waals surface area contributed by atoms with Crippen LogP contribution < -0.4 is 10.5 Å². The topological polar surface area (TPSA) is 44.5 Å². The van der Waals surface area contributed by atoms with Gasteiger partial charge in [-0.05, 0) is 24.5 Å². The molecule has 0 unspecified atom stereocenters. The lowest BCUT2D eigenvalue weighted by Gasteiger charge is -2.41. The van der Waals surface area contributed by atoms with E-state index in [2.05, 4.69) is 18.2 Å². The van der Waals surface area contributed by atoms with Crippen molar-refractivity contribution in [3.63, 3.8) is 0 Å². The van der Waals surface area contributed by atoms with Gasteiger partial charge in [0.1, 0.15) is 5.75 Å². The highest BCUT2D eigenvalue weighted by Gasteiger charge is 2.37. The van der Waals surface area contributed by atoms with E-state index >= 15 is 0 Å². The minimum atomic E-state index is 0.193. The average Bonchev–Trinajstić information content (AvgIpc) is 2.30. The number of nitrogens with two attached hydrogens (primary N) is 1. The van der Waals surface area contributed by atoms with Crippen molar-refractivity contribution in [2.45, 2.75) is 31.3 Å². The van der Waals surface area contributed by atoms with Crippen molar-refractivity contribution in [1.82, 2.24) is 0 Å². The van der Waals surface area contributed by atoms with E-state index in [9.17, 15) is 0 Å². The van der Waals surface area contributed by atoms with Crippen LogP contribution in [0.1, 0.15) is 30.4 Å². The molecule has 1 saturated carbocycles. The third kappa shape index (κ3) is 2.17. The molecule has 1 aromatic rings. The minimum absolute atomic E-state index is 0.193. The van der Waals surface area contributed by atoms with Crippen molar-refractivity contribution in [3.05, 3.63) is 29.3 Å². The Morgan fingerprint density at radius 2 is 2.06 bits per heavy atom. The Morgan fingerprint density at radius 1 is 1.29 bits per heavy atom. The lowest BCUT2D eigenvalue weighted by molar-refractivity contribution is 0.181. The van der Waals surface area contributed by atoms with E-state index in [-0.39, 0.29) is 5.41 Å². The van der Waals surface area contributed by atoms with Gasteiger partial charge in [-0.25, -0.2) is 0 Å². The summed E-state index contributed by atoms with van der Waals surface area (Å²) in [7, 11) is 3.40. The minimum Gasteiger partial charge on any atom is -0.496 e. The van der Waals surface area contributed by atoms with Crippen LogP contribution in [-0.2, 0) is 16.8 Å². The summed E-state index contributed by atoms with van der Waals surface area (Å²) in [5.41, 5.74) is 8.51. The summed E-state index contributed by atoms with van der Waals surface area (Å²) in [4.78, 5) is 0. The van der Waals surface area contributed by atoms with E-state index in [1.807, 2.05) is 0 Å². The quantitative estimate of drug-likeness (QED) is 0.851. The first-order valence-corrected chi connectivity index (χ1v) is 6.12. The van der Waals surface area contributed by atoms with Crippen molar-refractivity contribution in [1.29, 1.82) is 0 Å². The number of ether oxygens (including phenoxy) is 2. The fourth-order valence-electron chi connectivity index (χ4n) is 2.56. The van der Waals surface area contributed by atoms with Crippen LogP contribution >= 0.6 is 0 Å². The molecule has 2 N–H and O–H groups in total. The maximum Gasteiger partial charge on any atom is 0.124 e. The Balaban J connectivity index is 2.30. The number of benzene rings is 1. The standard InChI is InChI=1S/C14H21NO2/c1-16-9-11-4-5-12(8-13(11)17-2)14(10-15)6-3-7-14/h4-5,8H,3,6-7,9-10,15H2,1-2H3. The van der Waals surface area contributed by atoms with E-state index in [4.69, 9.17) is 15.2 Å². The second-order valence-electron chi connectivity index (χ2n) is 4.80. The molecule has 0 radical (unpaired) electrons. The van der Waals surface area contributed by atoms with Gasteiger partial charge < -0.3 is 15.2 Å². The maximum atomic E-state index is 5.92. The van der Waals surface area contributed by atoms with Crippen molar-refractivity contribution < 1.29 is 9.47 Å². The molecular formula is C14H21NO2. The van der Waals surface area contributed by atoms with Crippen LogP contribution in [0.25, 0.3) is 0 Å². The zero-order chi connectivity index (χ0) is 12.3. The van der Waals surface area contributed by atoms with Gasteiger partial charge in [-0.3, -0.25) is 0 Å². The van der Waals surface area contributed by atoms with Crippen molar-refractivity contribution in [2.24, 2.45) is 5.73 Å². The van der Waals surface area contributed by atoms with Crippen LogP contribution in [0.4, 0.5) is 0 Å². The Labute approximate surface area is 103 Å². The molecule has 2 rings (SSSR count). The third-order valence-electron chi connectivity index (χ3n) is 3.90. The van der Waals surface area contributed by atoms with Gasteiger partial charge in [0, 0.05) is 24.6 Å². The Morgan fingerprint density at radius 3 is 2.53 bits per heavy atom. The van der Waals surface area contributed by atoms with Gasteiger partial charge in [0.2, 0.25) is 0 Å². The molecule has 0 amide bonds. The summed E-state index contributed by atoms with van der Waals surface area (Å²) in [6.45, 7) is 1.30. The summed E-state index contributed by atoms with van der Waals surface area (Å²) >= 11 is 0. The number of hydrogen-bond acceptors (Lipinski definition) is 3. The van der Waals surface area contributed by atoms with Crippen LogP contribution in [0.5, 0.6) is 5.75 Å². The van der Waals surface area contributed by atoms with E-state index in [1.54, 1.807) is 14.2 Å². The van der Waals surface area contributed by atoms with Gasteiger partial charge in [0.25, 0.3) is 0 Å². The molecule has 0 atom stereocenters. The smallest absolute Gasteiger partial charge is 0.124 e. The first-order valence-electron chi connectivity index (χ1n) is 6.12. The van der Waals surface area contributed by atoms with Crippen LogP contribution in [0, 0.1) is 0 Å². The third-order valence-corrected chi connectivity index (χ3v) is 3.90. The zero-order valence-corrected chi connectivity index (χ0v) is 10.7. The van der Waals surface area contributed by atoms with Crippen LogP contribution in [0.2, 0.25) is 0 Å². The summed E-state index contributed by atoms with van der Waals surface area (Å²) < 4.78 is 10.6. The van der Waals surface area contributed by atoms with Crippen molar-refractivity contribution in [2.75, 3.05) is 20.8 Å². The van der Waals surface area contributed by atoms with Gasteiger partial charge >= 0.3 is 0 Å². The summed E-state index contributed by atoms with van der Waals surface area (Å²) in [6.07, 6.45) is 3.66. The molecule has 0 aromatic heterocycles. The molecule has 17 heavy (non-hydrogen) atoms. The molecular weight excluding hydrogens is 214 g/mol. The monoisotopic (exact) mass is 235 g/mol. The molecule has 0 bridgehead atoms. The Kier molecular flexibility index (Phi) is 3.69. The lowest BCUT2D eigenvalue weighted by atomic mass is 9.64. The van der Waals surface area contributed by atoms with Gasteiger partial charge in [-0.15, -0.1) is 0 Å². The van der Waals surface area contributed by atoms with E-state index in [0.29, 0.717) is 6.61 Å². The molecule has 1 aliphatic carbocycles. The second kappa shape index (κ2) is 5.07. The molecule has 0 saturated heterocycles. The summed E-state index contributed by atoms with van der Waals surface area (Å²) in [5, 5.41) is 0. The number of hydrogen-bond donors (Lipinski definition) is 1. The van der Waals surface area contributed by atoms with Crippen molar-refractivity contribution in [3.8, 4) is 5.75 Å². The van der Waals surface area contributed by atoms with Gasteiger partial charge in [-0.2, -0.15) is 0 Å². The second-order valence-corrected chi connectivity index (χ2v) is 4.80. The van der Waals surface area contributed by atoms with E-state index < -0.39 is 0 Å². The Bertz CT molecular complexity index is 380. The summed E-state index contributed by atoms with van der Waals surface area (Å²) in [5.74, 6) is 0.907. The largest absolute Gasteiger partial charge is 0.496 e. The van der Waals surface area contributed by atoms with Gasteiger partial charge in [0.05, 0.1) is 13.7 Å². The highest BCUT2D eigenvalue weighted by Crippen LogP contribution is 2.44. The normalized spacial score (nSPS) is 17.6. The zero-order valence-electron chi connectivity index (χ0n) is 10.7. The van der Waals surface area contributed by atoms with E-state index in [0.717, 1.165) is 17.9 Å². The van der Waals surface area contributed by atoms with E-state index in [1.165, 1.54) is 24.8 Å². The first kappa shape index (κ1) is 12.4. The van der Waals surface area contributed by atoms with Crippen LogP contribution in [0.3, 0.4) is 0 Å².